The lowest BCUT2D eigenvalue weighted by molar-refractivity contribution is -0.0227. The predicted molar refractivity (Wildman–Crippen MR) is 75.5 cm³/mol. The number of hydrogen-bond donors (Lipinski definition) is 0. The Morgan fingerprint density at radius 3 is 2.75 bits per heavy atom. The van der Waals surface area contributed by atoms with Gasteiger partial charge in [-0.2, -0.15) is 0 Å². The lowest BCUT2D eigenvalue weighted by Gasteiger charge is -2.32. The first-order chi connectivity index (χ1) is 9.43. The molecule has 6 heteroatoms. The van der Waals surface area contributed by atoms with E-state index in [2.05, 4.69) is 0 Å². The number of hydrogen-bond acceptors (Lipinski definition) is 4. The van der Waals surface area contributed by atoms with Crippen molar-refractivity contribution in [3.63, 3.8) is 0 Å². The molecule has 1 amide bonds. The Morgan fingerprint density at radius 2 is 2.10 bits per heavy atom. The number of ether oxygens (including phenoxy) is 1. The zero-order valence-corrected chi connectivity index (χ0v) is 12.5. The summed E-state index contributed by atoms with van der Waals surface area (Å²) in [7, 11) is -3.41. The Morgan fingerprint density at radius 1 is 1.40 bits per heavy atom. The predicted octanol–water partition coefficient (Wildman–Crippen LogP) is 1.34. The normalized spacial score (nSPS) is 19.9. The molecule has 2 rings (SSSR count). The molecule has 0 spiro atoms. The molecule has 1 aromatic rings. The van der Waals surface area contributed by atoms with Crippen molar-refractivity contribution in [1.29, 1.82) is 0 Å². The SMILES string of the molecule is CCC1CN(C(=O)c2ccccc2S(C)(=O)=O)CCO1. The summed E-state index contributed by atoms with van der Waals surface area (Å²) in [4.78, 5) is 14.3. The van der Waals surface area contributed by atoms with E-state index in [1.54, 1.807) is 23.1 Å². The van der Waals surface area contributed by atoms with Gasteiger partial charge in [-0.1, -0.05) is 19.1 Å². The molecule has 1 fully saturated rings. The first-order valence-corrected chi connectivity index (χ1v) is 8.52. The third kappa shape index (κ3) is 3.19. The molecule has 20 heavy (non-hydrogen) atoms. The van der Waals surface area contributed by atoms with Gasteiger partial charge in [-0.25, -0.2) is 8.42 Å². The van der Waals surface area contributed by atoms with Crippen molar-refractivity contribution in [3.05, 3.63) is 29.8 Å². The van der Waals surface area contributed by atoms with Gasteiger partial charge in [0.25, 0.3) is 5.91 Å². The first kappa shape index (κ1) is 15.0. The summed E-state index contributed by atoms with van der Waals surface area (Å²) < 4.78 is 29.1. The summed E-state index contributed by atoms with van der Waals surface area (Å²) in [6.45, 7) is 3.50. The second-order valence-electron chi connectivity index (χ2n) is 4.92. The lowest BCUT2D eigenvalue weighted by Crippen LogP contribution is -2.45. The summed E-state index contributed by atoms with van der Waals surface area (Å²) in [5.41, 5.74) is 0.242. The van der Waals surface area contributed by atoms with Crippen LogP contribution in [-0.4, -0.2) is 51.3 Å². The third-order valence-electron chi connectivity index (χ3n) is 3.40. The van der Waals surface area contributed by atoms with Crippen LogP contribution in [-0.2, 0) is 14.6 Å². The molecule has 0 N–H and O–H groups in total. The molecule has 0 bridgehead atoms. The molecule has 0 saturated carbocycles. The smallest absolute Gasteiger partial charge is 0.255 e. The average molecular weight is 297 g/mol. The standard InChI is InChI=1S/C14H19NO4S/c1-3-11-10-15(8-9-19-11)14(16)12-6-4-5-7-13(12)20(2,17)18/h4-7,11H,3,8-10H2,1-2H3. The maximum absolute atomic E-state index is 12.5. The highest BCUT2D eigenvalue weighted by Gasteiger charge is 2.27. The largest absolute Gasteiger partial charge is 0.375 e. The van der Waals surface area contributed by atoms with Gasteiger partial charge in [0.1, 0.15) is 0 Å². The summed E-state index contributed by atoms with van der Waals surface area (Å²) in [6, 6.07) is 6.34. The van der Waals surface area contributed by atoms with E-state index in [1.165, 1.54) is 6.07 Å². The van der Waals surface area contributed by atoms with Crippen molar-refractivity contribution < 1.29 is 17.9 Å². The van der Waals surface area contributed by atoms with Crippen LogP contribution in [0.25, 0.3) is 0 Å². The first-order valence-electron chi connectivity index (χ1n) is 6.63. The average Bonchev–Trinajstić information content (AvgIpc) is 2.45. The highest BCUT2D eigenvalue weighted by Crippen LogP contribution is 2.19. The number of carbonyl (C=O) groups is 1. The van der Waals surface area contributed by atoms with E-state index in [-0.39, 0.29) is 22.5 Å². The molecule has 1 heterocycles. The van der Waals surface area contributed by atoms with E-state index in [4.69, 9.17) is 4.74 Å². The van der Waals surface area contributed by atoms with Gasteiger partial charge in [0.2, 0.25) is 0 Å². The number of morpholine rings is 1. The van der Waals surface area contributed by atoms with Crippen LogP contribution >= 0.6 is 0 Å². The molecule has 1 aliphatic heterocycles. The van der Waals surface area contributed by atoms with Crippen LogP contribution in [0.5, 0.6) is 0 Å². The van der Waals surface area contributed by atoms with E-state index >= 15 is 0 Å². The molecule has 1 saturated heterocycles. The van der Waals surface area contributed by atoms with Crippen LogP contribution in [0.1, 0.15) is 23.7 Å². The summed E-state index contributed by atoms with van der Waals surface area (Å²) in [5, 5.41) is 0. The van der Waals surface area contributed by atoms with Crippen LogP contribution in [0.4, 0.5) is 0 Å². The van der Waals surface area contributed by atoms with Crippen molar-refractivity contribution in [2.24, 2.45) is 0 Å². The monoisotopic (exact) mass is 297 g/mol. The fraction of sp³-hybridized carbons (Fsp3) is 0.500. The Hall–Kier alpha value is -1.40. The van der Waals surface area contributed by atoms with Gasteiger partial charge in [0.05, 0.1) is 23.2 Å². The molecule has 0 radical (unpaired) electrons. The Bertz CT molecular complexity index is 597. The van der Waals surface area contributed by atoms with Gasteiger partial charge >= 0.3 is 0 Å². The minimum Gasteiger partial charge on any atom is -0.375 e. The molecule has 0 aliphatic carbocycles. The number of benzene rings is 1. The van der Waals surface area contributed by atoms with Crippen LogP contribution in [0.15, 0.2) is 29.2 Å². The molecule has 1 aromatic carbocycles. The van der Waals surface area contributed by atoms with Crippen LogP contribution in [0.2, 0.25) is 0 Å². The number of amides is 1. The number of nitrogens with zero attached hydrogens (tertiary/aromatic N) is 1. The van der Waals surface area contributed by atoms with Crippen molar-refractivity contribution in [3.8, 4) is 0 Å². The van der Waals surface area contributed by atoms with E-state index in [1.807, 2.05) is 6.92 Å². The van der Waals surface area contributed by atoms with Crippen molar-refractivity contribution in [2.45, 2.75) is 24.3 Å². The van der Waals surface area contributed by atoms with Crippen LogP contribution < -0.4 is 0 Å². The number of rotatable bonds is 3. The fourth-order valence-electron chi connectivity index (χ4n) is 2.29. The van der Waals surface area contributed by atoms with Crippen molar-refractivity contribution in [1.82, 2.24) is 4.90 Å². The Kier molecular flexibility index (Phi) is 4.45. The number of carbonyl (C=O) groups excluding carboxylic acids is 1. The highest BCUT2D eigenvalue weighted by atomic mass is 32.2. The summed E-state index contributed by atoms with van der Waals surface area (Å²) in [5.74, 6) is -0.243. The maximum Gasteiger partial charge on any atom is 0.255 e. The molecular weight excluding hydrogens is 278 g/mol. The zero-order chi connectivity index (χ0) is 14.8. The second-order valence-corrected chi connectivity index (χ2v) is 6.90. The van der Waals surface area contributed by atoms with E-state index < -0.39 is 9.84 Å². The molecule has 1 unspecified atom stereocenters. The minimum absolute atomic E-state index is 0.0260. The fourth-order valence-corrected chi connectivity index (χ4v) is 3.17. The second kappa shape index (κ2) is 5.93. The van der Waals surface area contributed by atoms with Crippen LogP contribution in [0.3, 0.4) is 0 Å². The van der Waals surface area contributed by atoms with Crippen LogP contribution in [0, 0.1) is 0 Å². The van der Waals surface area contributed by atoms with Gasteiger partial charge in [0.15, 0.2) is 9.84 Å². The van der Waals surface area contributed by atoms with Gasteiger partial charge in [-0.15, -0.1) is 0 Å². The molecule has 1 atom stereocenters. The quantitative estimate of drug-likeness (QED) is 0.844. The molecule has 0 aromatic heterocycles. The van der Waals surface area contributed by atoms with Gasteiger partial charge in [0, 0.05) is 19.3 Å². The summed E-state index contributed by atoms with van der Waals surface area (Å²) >= 11 is 0. The van der Waals surface area contributed by atoms with Gasteiger partial charge in [-0.05, 0) is 18.6 Å². The van der Waals surface area contributed by atoms with E-state index in [0.29, 0.717) is 19.7 Å². The van der Waals surface area contributed by atoms with Crippen molar-refractivity contribution in [2.75, 3.05) is 26.0 Å². The van der Waals surface area contributed by atoms with E-state index in [0.717, 1.165) is 12.7 Å². The number of sulfone groups is 1. The molecule has 1 aliphatic rings. The zero-order valence-electron chi connectivity index (χ0n) is 11.7. The highest BCUT2D eigenvalue weighted by molar-refractivity contribution is 7.90. The topological polar surface area (TPSA) is 63.7 Å². The Labute approximate surface area is 119 Å². The van der Waals surface area contributed by atoms with E-state index in [9.17, 15) is 13.2 Å². The minimum atomic E-state index is -3.41. The Balaban J connectivity index is 2.30. The molecular formula is C14H19NO4S. The molecule has 110 valence electrons. The van der Waals surface area contributed by atoms with Gasteiger partial charge < -0.3 is 9.64 Å². The maximum atomic E-state index is 12.5. The van der Waals surface area contributed by atoms with Crippen molar-refractivity contribution >= 4 is 15.7 Å². The summed E-state index contributed by atoms with van der Waals surface area (Å²) in [6.07, 6.45) is 1.98. The lowest BCUT2D eigenvalue weighted by atomic mass is 10.1. The van der Waals surface area contributed by atoms with Gasteiger partial charge in [-0.3, -0.25) is 4.79 Å². The molecule has 5 nitrogen and oxygen atoms in total. The third-order valence-corrected chi connectivity index (χ3v) is 4.55.